The molecule has 0 aliphatic carbocycles. The van der Waals surface area contributed by atoms with Gasteiger partial charge in [0, 0.05) is 41.3 Å². The van der Waals surface area contributed by atoms with Crippen LogP contribution in [0.3, 0.4) is 0 Å². The minimum atomic E-state index is -1.66. The van der Waals surface area contributed by atoms with E-state index < -0.39 is 34.4 Å². The minimum Gasteiger partial charge on any atom is -0.481 e. The van der Waals surface area contributed by atoms with Crippen molar-refractivity contribution in [2.45, 2.75) is 59.4 Å². The first-order valence-corrected chi connectivity index (χ1v) is 13.3. The SMILES string of the molecule is CCN(C(=O)c1ccc(C#Cc2cnc3nc(NC(=O)C(C)(C)C)[nH]c(=O)c3c2)cc1)[C@@](CC)(CCC(=O)O)C(=O)O. The number of carboxylic acid groups (broad SMARTS) is 2. The molecule has 0 spiro atoms. The summed E-state index contributed by atoms with van der Waals surface area (Å²) in [5, 5.41) is 21.8. The maximum Gasteiger partial charge on any atom is 0.329 e. The van der Waals surface area contributed by atoms with Gasteiger partial charge in [0.25, 0.3) is 11.5 Å². The maximum absolute atomic E-state index is 13.3. The van der Waals surface area contributed by atoms with Crippen LogP contribution in [0.4, 0.5) is 5.95 Å². The van der Waals surface area contributed by atoms with Crippen molar-refractivity contribution in [3.05, 3.63) is 63.6 Å². The summed E-state index contributed by atoms with van der Waals surface area (Å²) in [6.07, 6.45) is 0.881. The molecule has 3 rings (SSSR count). The molecule has 1 aromatic carbocycles. The molecule has 3 aromatic rings. The van der Waals surface area contributed by atoms with E-state index in [0.717, 1.165) is 0 Å². The first kappa shape index (κ1) is 31.5. The highest BCUT2D eigenvalue weighted by atomic mass is 16.4. The molecule has 12 nitrogen and oxygen atoms in total. The number of H-pyrrole nitrogens is 1. The normalized spacial score (nSPS) is 12.5. The van der Waals surface area contributed by atoms with E-state index in [1.807, 2.05) is 0 Å². The number of nitrogens with one attached hydrogen (secondary N) is 2. The molecule has 2 heterocycles. The number of anilines is 1. The van der Waals surface area contributed by atoms with Crippen LogP contribution < -0.4 is 10.9 Å². The number of rotatable bonds is 9. The number of aromatic amines is 1. The summed E-state index contributed by atoms with van der Waals surface area (Å²) >= 11 is 0. The van der Waals surface area contributed by atoms with Crippen LogP contribution in [0.1, 0.15) is 75.4 Å². The Morgan fingerprint density at radius 1 is 1.02 bits per heavy atom. The summed E-state index contributed by atoms with van der Waals surface area (Å²) in [5.41, 5.74) is -1.46. The van der Waals surface area contributed by atoms with E-state index in [-0.39, 0.29) is 54.3 Å². The number of nitrogens with zero attached hydrogens (tertiary/aromatic N) is 3. The Hall–Kier alpha value is -5.05. The Morgan fingerprint density at radius 2 is 1.67 bits per heavy atom. The van der Waals surface area contributed by atoms with Crippen molar-refractivity contribution in [3.63, 3.8) is 0 Å². The van der Waals surface area contributed by atoms with Gasteiger partial charge in [0.15, 0.2) is 5.65 Å². The summed E-state index contributed by atoms with van der Waals surface area (Å²) in [4.78, 5) is 73.7. The smallest absolute Gasteiger partial charge is 0.329 e. The fourth-order valence-corrected chi connectivity index (χ4v) is 4.27. The zero-order valence-corrected chi connectivity index (χ0v) is 24.1. The second kappa shape index (κ2) is 12.6. The lowest BCUT2D eigenvalue weighted by Gasteiger charge is -2.39. The molecule has 0 aliphatic rings. The molecule has 0 saturated carbocycles. The summed E-state index contributed by atoms with van der Waals surface area (Å²) in [7, 11) is 0. The largest absolute Gasteiger partial charge is 0.481 e. The maximum atomic E-state index is 13.3. The van der Waals surface area contributed by atoms with E-state index in [9.17, 15) is 29.1 Å². The van der Waals surface area contributed by atoms with Crippen LogP contribution >= 0.6 is 0 Å². The number of hydrogen-bond acceptors (Lipinski definition) is 7. The van der Waals surface area contributed by atoms with Crippen molar-refractivity contribution in [3.8, 4) is 11.8 Å². The molecule has 0 fully saturated rings. The van der Waals surface area contributed by atoms with Gasteiger partial charge >= 0.3 is 11.9 Å². The number of pyridine rings is 1. The highest BCUT2D eigenvalue weighted by Crippen LogP contribution is 2.28. The Bertz CT molecular complexity index is 1640. The number of likely N-dealkylation sites (N-methyl/N-ethyl adjacent to an activating group) is 1. The van der Waals surface area contributed by atoms with Gasteiger partial charge in [-0.05, 0) is 50.1 Å². The van der Waals surface area contributed by atoms with Gasteiger partial charge in [-0.25, -0.2) is 9.78 Å². The van der Waals surface area contributed by atoms with Crippen molar-refractivity contribution < 1.29 is 29.4 Å². The Morgan fingerprint density at radius 3 is 2.21 bits per heavy atom. The Labute approximate surface area is 242 Å². The molecule has 42 heavy (non-hydrogen) atoms. The van der Waals surface area contributed by atoms with Gasteiger partial charge in [0.2, 0.25) is 11.9 Å². The number of amides is 2. The molecule has 12 heteroatoms. The van der Waals surface area contributed by atoms with E-state index >= 15 is 0 Å². The van der Waals surface area contributed by atoms with E-state index in [4.69, 9.17) is 5.11 Å². The molecular formula is C30H33N5O7. The van der Waals surface area contributed by atoms with Crippen molar-refractivity contribution >= 4 is 40.7 Å². The third-order valence-electron chi connectivity index (χ3n) is 6.77. The standard InChI is InChI=1S/C30H33N5O7/c1-6-30(27(41)42,15-14-22(36)37)35(7-2)25(39)20-12-10-18(11-13-20)8-9-19-16-21-23(31-17-19)32-28(33-24(21)38)34-26(40)29(3,4)5/h10-13,16-17H,6-7,14-15H2,1-5H3,(H,36,37)(H,41,42)(H2,31,32,33,34,38,40)/t30-/m0/s1. The van der Waals surface area contributed by atoms with E-state index in [0.29, 0.717) is 11.1 Å². The van der Waals surface area contributed by atoms with Crippen molar-refractivity contribution in [2.75, 3.05) is 11.9 Å². The molecule has 0 bridgehead atoms. The molecule has 0 unspecified atom stereocenters. The van der Waals surface area contributed by atoms with Gasteiger partial charge < -0.3 is 15.1 Å². The third kappa shape index (κ3) is 6.98. The van der Waals surface area contributed by atoms with E-state index in [1.54, 1.807) is 46.8 Å². The average Bonchev–Trinajstić information content (AvgIpc) is 2.93. The quantitative estimate of drug-likeness (QED) is 0.278. The molecule has 0 aliphatic heterocycles. The third-order valence-corrected chi connectivity index (χ3v) is 6.77. The van der Waals surface area contributed by atoms with Crippen molar-refractivity contribution in [1.29, 1.82) is 0 Å². The molecular weight excluding hydrogens is 542 g/mol. The van der Waals surface area contributed by atoms with Crippen LogP contribution in [0, 0.1) is 17.3 Å². The number of carboxylic acids is 2. The molecule has 2 aromatic heterocycles. The monoisotopic (exact) mass is 575 g/mol. The van der Waals surface area contributed by atoms with E-state index in [2.05, 4.69) is 32.1 Å². The Balaban J connectivity index is 1.83. The predicted molar refractivity (Wildman–Crippen MR) is 155 cm³/mol. The second-order valence-electron chi connectivity index (χ2n) is 10.7. The van der Waals surface area contributed by atoms with Gasteiger partial charge in [-0.15, -0.1) is 0 Å². The van der Waals surface area contributed by atoms with Crippen LogP contribution in [0.15, 0.2) is 41.3 Å². The molecule has 0 radical (unpaired) electrons. The lowest BCUT2D eigenvalue weighted by atomic mass is 9.87. The number of aliphatic carboxylic acids is 2. The molecule has 4 N–H and O–H groups in total. The first-order valence-electron chi connectivity index (χ1n) is 13.3. The highest BCUT2D eigenvalue weighted by Gasteiger charge is 2.44. The number of carbonyl (C=O) groups excluding carboxylic acids is 2. The number of benzene rings is 1. The highest BCUT2D eigenvalue weighted by molar-refractivity contribution is 5.98. The van der Waals surface area contributed by atoms with Gasteiger partial charge in [-0.2, -0.15) is 4.98 Å². The number of hydrogen-bond donors (Lipinski definition) is 4. The van der Waals surface area contributed by atoms with Gasteiger partial charge in [-0.1, -0.05) is 39.5 Å². The summed E-state index contributed by atoms with van der Waals surface area (Å²) in [6.45, 7) is 8.53. The minimum absolute atomic E-state index is 0.00328. The fourth-order valence-electron chi connectivity index (χ4n) is 4.27. The molecule has 1 atom stereocenters. The summed E-state index contributed by atoms with van der Waals surface area (Å²) in [6, 6.07) is 7.78. The zero-order chi connectivity index (χ0) is 31.2. The van der Waals surface area contributed by atoms with Crippen molar-refractivity contribution in [2.24, 2.45) is 5.41 Å². The molecule has 2 amide bonds. The zero-order valence-electron chi connectivity index (χ0n) is 24.1. The van der Waals surface area contributed by atoms with Crippen LogP contribution in [-0.2, 0) is 14.4 Å². The topological polar surface area (TPSA) is 183 Å². The summed E-state index contributed by atoms with van der Waals surface area (Å²) < 4.78 is 0. The molecule has 0 saturated heterocycles. The van der Waals surface area contributed by atoms with Crippen molar-refractivity contribution in [1.82, 2.24) is 19.9 Å². The lowest BCUT2D eigenvalue weighted by molar-refractivity contribution is -0.151. The number of carbonyl (C=O) groups is 4. The second-order valence-corrected chi connectivity index (χ2v) is 10.7. The van der Waals surface area contributed by atoms with Crippen LogP contribution in [0.2, 0.25) is 0 Å². The number of aromatic nitrogens is 3. The number of fused-ring (bicyclic) bond motifs is 1. The van der Waals surface area contributed by atoms with Crippen LogP contribution in [-0.4, -0.2) is 65.9 Å². The lowest BCUT2D eigenvalue weighted by Crippen LogP contribution is -2.57. The first-order chi connectivity index (χ1) is 19.7. The van der Waals surface area contributed by atoms with Gasteiger partial charge in [0.1, 0.15) is 5.54 Å². The van der Waals surface area contributed by atoms with E-state index in [1.165, 1.54) is 29.3 Å². The van der Waals surface area contributed by atoms with Gasteiger partial charge in [-0.3, -0.25) is 29.5 Å². The Kier molecular flexibility index (Phi) is 9.47. The fraction of sp³-hybridized carbons (Fsp3) is 0.367. The van der Waals surface area contributed by atoms with Gasteiger partial charge in [0.05, 0.1) is 5.39 Å². The molecule has 220 valence electrons. The van der Waals surface area contributed by atoms with Crippen LogP contribution in [0.25, 0.3) is 11.0 Å². The average molecular weight is 576 g/mol. The van der Waals surface area contributed by atoms with Crippen LogP contribution in [0.5, 0.6) is 0 Å². The predicted octanol–water partition coefficient (Wildman–Crippen LogP) is 3.26. The summed E-state index contributed by atoms with van der Waals surface area (Å²) in [5.74, 6) is 2.60.